The topological polar surface area (TPSA) is 60.7 Å². The molecule has 3 N–H and O–H groups in total. The van der Waals surface area contributed by atoms with Crippen LogP contribution in [0.25, 0.3) is 0 Å². The first kappa shape index (κ1) is 17.0. The first-order valence-electron chi connectivity index (χ1n) is 7.35. The van der Waals surface area contributed by atoms with Crippen molar-refractivity contribution in [3.63, 3.8) is 0 Å². The highest BCUT2D eigenvalue weighted by atomic mass is 32.2. The lowest BCUT2D eigenvalue weighted by molar-refractivity contribution is 0.0330. The minimum Gasteiger partial charge on any atom is -0.392 e. The van der Waals surface area contributed by atoms with Crippen molar-refractivity contribution in [3.8, 4) is 0 Å². The first-order chi connectivity index (χ1) is 10.6. The van der Waals surface area contributed by atoms with Crippen molar-refractivity contribution in [2.45, 2.75) is 30.6 Å². The Balaban J connectivity index is 1.92. The molecule has 22 heavy (non-hydrogen) atoms. The number of rotatable bonds is 7. The van der Waals surface area contributed by atoms with E-state index in [0.29, 0.717) is 5.75 Å². The maximum absolute atomic E-state index is 10.4. The summed E-state index contributed by atoms with van der Waals surface area (Å²) in [7, 11) is 0. The molecule has 0 radical (unpaired) electrons. The van der Waals surface area contributed by atoms with Crippen molar-refractivity contribution in [1.29, 1.82) is 0 Å². The Morgan fingerprint density at radius 3 is 2.18 bits per heavy atom. The third kappa shape index (κ3) is 4.58. The van der Waals surface area contributed by atoms with Gasteiger partial charge in [0.2, 0.25) is 0 Å². The normalized spacial score (nSPS) is 15.3. The van der Waals surface area contributed by atoms with Gasteiger partial charge in [-0.1, -0.05) is 49.4 Å². The van der Waals surface area contributed by atoms with Gasteiger partial charge in [-0.25, -0.2) is 0 Å². The van der Waals surface area contributed by atoms with Gasteiger partial charge in [-0.2, -0.15) is 0 Å². The molecule has 0 aromatic heterocycles. The summed E-state index contributed by atoms with van der Waals surface area (Å²) in [6.45, 7) is 1.84. The summed E-state index contributed by atoms with van der Waals surface area (Å²) in [6, 6.07) is 17.1. The predicted molar refractivity (Wildman–Crippen MR) is 89.7 cm³/mol. The Kier molecular flexibility index (Phi) is 6.46. The van der Waals surface area contributed by atoms with Gasteiger partial charge < -0.3 is 15.3 Å². The lowest BCUT2D eigenvalue weighted by Gasteiger charge is -2.24. The molecule has 0 aliphatic heterocycles. The smallest absolute Gasteiger partial charge is 0.0840 e. The summed E-state index contributed by atoms with van der Waals surface area (Å²) >= 11 is 1.58. The summed E-state index contributed by atoms with van der Waals surface area (Å²) in [6.07, 6.45) is -1.32. The Labute approximate surface area is 135 Å². The molecule has 0 amide bonds. The number of hydrogen-bond donors (Lipinski definition) is 3. The van der Waals surface area contributed by atoms with E-state index >= 15 is 0 Å². The molecule has 0 aliphatic rings. The van der Waals surface area contributed by atoms with Crippen molar-refractivity contribution in [1.82, 2.24) is 0 Å². The van der Waals surface area contributed by atoms with Crippen LogP contribution >= 0.6 is 11.8 Å². The first-order valence-corrected chi connectivity index (χ1v) is 8.34. The van der Waals surface area contributed by atoms with E-state index in [0.717, 1.165) is 16.0 Å². The van der Waals surface area contributed by atoms with Crippen LogP contribution in [0.2, 0.25) is 0 Å². The number of thioether (sulfide) groups is 1. The zero-order valence-electron chi connectivity index (χ0n) is 12.6. The molecule has 2 aromatic carbocycles. The van der Waals surface area contributed by atoms with Gasteiger partial charge in [0.25, 0.3) is 0 Å². The van der Waals surface area contributed by atoms with Crippen LogP contribution in [0.3, 0.4) is 0 Å². The predicted octanol–water partition coefficient (Wildman–Crippen LogP) is 3.00. The van der Waals surface area contributed by atoms with Crippen molar-refractivity contribution in [2.75, 3.05) is 5.75 Å². The molecule has 4 heteroatoms. The van der Waals surface area contributed by atoms with Crippen LogP contribution < -0.4 is 0 Å². The minimum atomic E-state index is -0.723. The van der Waals surface area contributed by atoms with Gasteiger partial charge in [0.05, 0.1) is 18.8 Å². The number of benzene rings is 2. The monoisotopic (exact) mass is 318 g/mol. The molecule has 0 saturated carbocycles. The second-order valence-corrected chi connectivity index (χ2v) is 6.49. The van der Waals surface area contributed by atoms with Gasteiger partial charge in [-0.15, -0.1) is 11.8 Å². The summed E-state index contributed by atoms with van der Waals surface area (Å²) in [5, 5.41) is 29.7. The highest BCUT2D eigenvalue weighted by molar-refractivity contribution is 7.99. The largest absolute Gasteiger partial charge is 0.392 e. The van der Waals surface area contributed by atoms with Crippen LogP contribution in [0, 0.1) is 5.92 Å². The summed E-state index contributed by atoms with van der Waals surface area (Å²) in [4.78, 5) is 1.11. The molecule has 3 atom stereocenters. The molecule has 2 rings (SSSR count). The van der Waals surface area contributed by atoms with E-state index in [4.69, 9.17) is 5.11 Å². The summed E-state index contributed by atoms with van der Waals surface area (Å²) in [5.74, 6) is 0.271. The van der Waals surface area contributed by atoms with Crippen molar-refractivity contribution < 1.29 is 15.3 Å². The average molecular weight is 318 g/mol. The van der Waals surface area contributed by atoms with Crippen molar-refractivity contribution in [3.05, 3.63) is 65.7 Å². The lowest BCUT2D eigenvalue weighted by atomic mass is 9.93. The zero-order valence-corrected chi connectivity index (χ0v) is 13.4. The highest BCUT2D eigenvalue weighted by Crippen LogP contribution is 2.28. The van der Waals surface area contributed by atoms with Crippen LogP contribution in [0.1, 0.15) is 24.2 Å². The van der Waals surface area contributed by atoms with Gasteiger partial charge in [0.15, 0.2) is 0 Å². The maximum Gasteiger partial charge on any atom is 0.0840 e. The molecule has 0 spiro atoms. The Morgan fingerprint density at radius 1 is 0.955 bits per heavy atom. The van der Waals surface area contributed by atoms with E-state index in [1.807, 2.05) is 37.3 Å². The Morgan fingerprint density at radius 2 is 1.59 bits per heavy atom. The molecule has 0 fully saturated rings. The number of hydrogen-bond acceptors (Lipinski definition) is 4. The molecule has 3 unspecified atom stereocenters. The minimum absolute atomic E-state index is 0.0116. The molecular weight excluding hydrogens is 296 g/mol. The van der Waals surface area contributed by atoms with Crippen molar-refractivity contribution >= 4 is 11.8 Å². The van der Waals surface area contributed by atoms with E-state index in [1.54, 1.807) is 36.0 Å². The Bertz CT molecular complexity index is 556. The van der Waals surface area contributed by atoms with Crippen LogP contribution in [-0.2, 0) is 6.61 Å². The van der Waals surface area contributed by atoms with Crippen LogP contribution in [-0.4, -0.2) is 27.2 Å². The van der Waals surface area contributed by atoms with Crippen molar-refractivity contribution in [2.24, 2.45) is 5.92 Å². The summed E-state index contributed by atoms with van der Waals surface area (Å²) < 4.78 is 0. The molecule has 0 bridgehead atoms. The van der Waals surface area contributed by atoms with Gasteiger partial charge in [-0.3, -0.25) is 0 Å². The van der Waals surface area contributed by atoms with E-state index in [2.05, 4.69) is 0 Å². The molecule has 3 nitrogen and oxygen atoms in total. The fourth-order valence-electron chi connectivity index (χ4n) is 2.18. The lowest BCUT2D eigenvalue weighted by Crippen LogP contribution is -2.26. The highest BCUT2D eigenvalue weighted by Gasteiger charge is 2.23. The van der Waals surface area contributed by atoms with E-state index in [-0.39, 0.29) is 12.5 Å². The standard InChI is InChI=1S/C18H22O3S/c1-13(17(20)12-22-16-5-3-2-4-6-16)18(21)15-9-7-14(11-19)8-10-15/h2-10,13,17-21H,11-12H2,1H3. The van der Waals surface area contributed by atoms with E-state index < -0.39 is 12.2 Å². The van der Waals surface area contributed by atoms with Gasteiger partial charge in [0.1, 0.15) is 0 Å². The van der Waals surface area contributed by atoms with Gasteiger partial charge in [0, 0.05) is 16.6 Å². The Hall–Kier alpha value is -1.33. The van der Waals surface area contributed by atoms with Crippen LogP contribution in [0.4, 0.5) is 0 Å². The fourth-order valence-corrected chi connectivity index (χ4v) is 3.20. The molecule has 118 valence electrons. The van der Waals surface area contributed by atoms with Crippen LogP contribution in [0.5, 0.6) is 0 Å². The molecule has 0 saturated heterocycles. The zero-order chi connectivity index (χ0) is 15.9. The molecule has 2 aromatic rings. The van der Waals surface area contributed by atoms with Gasteiger partial charge in [-0.05, 0) is 23.3 Å². The van der Waals surface area contributed by atoms with E-state index in [9.17, 15) is 10.2 Å². The number of aliphatic hydroxyl groups is 3. The fraction of sp³-hybridized carbons (Fsp3) is 0.333. The van der Waals surface area contributed by atoms with Crippen LogP contribution in [0.15, 0.2) is 59.5 Å². The second kappa shape index (κ2) is 8.34. The maximum atomic E-state index is 10.4. The third-order valence-corrected chi connectivity index (χ3v) is 4.89. The second-order valence-electron chi connectivity index (χ2n) is 5.40. The summed E-state index contributed by atoms with van der Waals surface area (Å²) in [5.41, 5.74) is 1.57. The van der Waals surface area contributed by atoms with E-state index in [1.165, 1.54) is 0 Å². The SMILES string of the molecule is CC(C(O)CSc1ccccc1)C(O)c1ccc(CO)cc1. The van der Waals surface area contributed by atoms with Gasteiger partial charge >= 0.3 is 0 Å². The molecule has 0 heterocycles. The number of aliphatic hydroxyl groups excluding tert-OH is 3. The average Bonchev–Trinajstić information content (AvgIpc) is 2.59. The third-order valence-electron chi connectivity index (χ3n) is 3.77. The molecule has 0 aliphatic carbocycles. The molecular formula is C18H22O3S. The quantitative estimate of drug-likeness (QED) is 0.687.